The maximum absolute atomic E-state index is 6.10. The molecule has 3 heterocycles. The average molecular weight is 341 g/mol. The van der Waals surface area contributed by atoms with Gasteiger partial charge in [0.1, 0.15) is 28.8 Å². The van der Waals surface area contributed by atoms with Crippen LogP contribution in [0.5, 0.6) is 5.75 Å². The van der Waals surface area contributed by atoms with Gasteiger partial charge in [0, 0.05) is 6.42 Å². The largest absolute Gasteiger partial charge is 0.486 e. The summed E-state index contributed by atoms with van der Waals surface area (Å²) < 4.78 is 11.5. The molecule has 24 heavy (non-hydrogen) atoms. The molecule has 3 aromatic rings. The second-order valence-corrected chi connectivity index (χ2v) is 6.60. The predicted molar refractivity (Wildman–Crippen MR) is 96.4 cm³/mol. The Labute approximate surface area is 144 Å². The van der Waals surface area contributed by atoms with E-state index in [4.69, 9.17) is 9.47 Å². The molecule has 0 bridgehead atoms. The number of nitrogens with one attached hydrogen (secondary N) is 1. The van der Waals surface area contributed by atoms with Gasteiger partial charge in [0.15, 0.2) is 0 Å². The Kier molecular flexibility index (Phi) is 4.32. The summed E-state index contributed by atoms with van der Waals surface area (Å²) in [5, 5.41) is 6.70. The molecule has 1 fully saturated rings. The van der Waals surface area contributed by atoms with Crippen LogP contribution in [0, 0.1) is 0 Å². The minimum absolute atomic E-state index is 0.116. The molecule has 0 amide bonds. The third-order valence-electron chi connectivity index (χ3n) is 4.15. The van der Waals surface area contributed by atoms with Crippen LogP contribution in [0.1, 0.15) is 18.9 Å². The Hall–Kier alpha value is -2.18. The van der Waals surface area contributed by atoms with Crippen molar-refractivity contribution in [3.05, 3.63) is 41.5 Å². The van der Waals surface area contributed by atoms with E-state index in [-0.39, 0.29) is 6.10 Å². The Balaban J connectivity index is 1.67. The van der Waals surface area contributed by atoms with Crippen LogP contribution >= 0.6 is 11.3 Å². The molecule has 1 atom stereocenters. The lowest BCUT2D eigenvalue weighted by molar-refractivity contribution is 0.142. The smallest absolute Gasteiger partial charge is 0.143 e. The van der Waals surface area contributed by atoms with E-state index in [0.29, 0.717) is 6.61 Å². The zero-order valence-electron chi connectivity index (χ0n) is 13.5. The number of anilines is 2. The number of aryl methyl sites for hydroxylation is 1. The molecule has 124 valence electrons. The van der Waals surface area contributed by atoms with Crippen molar-refractivity contribution >= 4 is 33.1 Å². The van der Waals surface area contributed by atoms with Crippen LogP contribution in [-0.4, -0.2) is 29.3 Å². The van der Waals surface area contributed by atoms with Crippen LogP contribution < -0.4 is 10.1 Å². The van der Waals surface area contributed by atoms with E-state index in [2.05, 4.69) is 27.6 Å². The van der Waals surface area contributed by atoms with Crippen molar-refractivity contribution in [2.75, 3.05) is 18.5 Å². The minimum Gasteiger partial charge on any atom is -0.486 e. The molecule has 0 aliphatic carbocycles. The van der Waals surface area contributed by atoms with Crippen LogP contribution in [0.4, 0.5) is 11.5 Å². The highest BCUT2D eigenvalue weighted by Crippen LogP contribution is 2.34. The molecular formula is C18H19N3O2S. The second-order valence-electron chi connectivity index (χ2n) is 5.74. The fourth-order valence-electron chi connectivity index (χ4n) is 2.87. The van der Waals surface area contributed by atoms with Gasteiger partial charge in [-0.05, 0) is 29.5 Å². The van der Waals surface area contributed by atoms with E-state index in [9.17, 15) is 0 Å². The first-order valence-corrected chi connectivity index (χ1v) is 9.04. The molecule has 1 aliphatic rings. The predicted octanol–water partition coefficient (Wildman–Crippen LogP) is 4.17. The van der Waals surface area contributed by atoms with Crippen LogP contribution in [-0.2, 0) is 11.2 Å². The summed E-state index contributed by atoms with van der Waals surface area (Å²) in [5.74, 6) is 1.66. The highest BCUT2D eigenvalue weighted by atomic mass is 32.1. The minimum atomic E-state index is 0.116. The normalized spacial score (nSPS) is 17.3. The number of thiophene rings is 1. The van der Waals surface area contributed by atoms with Crippen molar-refractivity contribution in [3.8, 4) is 5.75 Å². The molecule has 0 spiro atoms. The maximum atomic E-state index is 6.10. The van der Waals surface area contributed by atoms with Gasteiger partial charge in [0.05, 0.1) is 24.3 Å². The first-order valence-electron chi connectivity index (χ1n) is 8.16. The third-order valence-corrected chi connectivity index (χ3v) is 5.08. The molecule has 5 nitrogen and oxygen atoms in total. The zero-order chi connectivity index (χ0) is 16.4. The number of ether oxygens (including phenoxy) is 2. The standard InChI is InChI=1S/C18H19N3O2S/c1-2-12-10-24-18-16(12)17(19-11-20-18)21-14-5-3-4-6-15(14)23-13-7-8-22-9-13/h3-6,10-11,13H,2,7-9H2,1H3,(H,19,20,21). The highest BCUT2D eigenvalue weighted by molar-refractivity contribution is 7.17. The fraction of sp³-hybridized carbons (Fsp3) is 0.333. The van der Waals surface area contributed by atoms with E-state index in [0.717, 1.165) is 46.9 Å². The molecule has 0 saturated carbocycles. The molecule has 1 unspecified atom stereocenters. The van der Waals surface area contributed by atoms with Gasteiger partial charge in [-0.25, -0.2) is 9.97 Å². The second kappa shape index (κ2) is 6.75. The van der Waals surface area contributed by atoms with E-state index in [1.54, 1.807) is 17.7 Å². The molecule has 6 heteroatoms. The number of nitrogens with zero attached hydrogens (tertiary/aromatic N) is 2. The van der Waals surface area contributed by atoms with Crippen LogP contribution in [0.25, 0.3) is 10.2 Å². The first-order chi connectivity index (χ1) is 11.8. The van der Waals surface area contributed by atoms with Gasteiger partial charge < -0.3 is 14.8 Å². The van der Waals surface area contributed by atoms with Gasteiger partial charge in [-0.2, -0.15) is 0 Å². The summed E-state index contributed by atoms with van der Waals surface area (Å²) in [7, 11) is 0. The van der Waals surface area contributed by atoms with Gasteiger partial charge in [-0.3, -0.25) is 0 Å². The number of fused-ring (bicyclic) bond motifs is 1. The molecule has 1 aromatic carbocycles. The first kappa shape index (κ1) is 15.4. The monoisotopic (exact) mass is 341 g/mol. The summed E-state index contributed by atoms with van der Waals surface area (Å²) in [6, 6.07) is 7.96. The number of hydrogen-bond donors (Lipinski definition) is 1. The van der Waals surface area contributed by atoms with Crippen LogP contribution in [0.3, 0.4) is 0 Å². The lowest BCUT2D eigenvalue weighted by atomic mass is 10.2. The van der Waals surface area contributed by atoms with Gasteiger partial charge in [-0.15, -0.1) is 11.3 Å². The fourth-order valence-corrected chi connectivity index (χ4v) is 3.87. The topological polar surface area (TPSA) is 56.3 Å². The Bertz CT molecular complexity index is 843. The summed E-state index contributed by atoms with van der Waals surface area (Å²) in [6.07, 6.45) is 3.61. The molecule has 2 aromatic heterocycles. The highest BCUT2D eigenvalue weighted by Gasteiger charge is 2.19. The maximum Gasteiger partial charge on any atom is 0.143 e. The lowest BCUT2D eigenvalue weighted by Crippen LogP contribution is -2.16. The lowest BCUT2D eigenvalue weighted by Gasteiger charge is -2.16. The molecule has 0 radical (unpaired) electrons. The summed E-state index contributed by atoms with van der Waals surface area (Å²) in [4.78, 5) is 9.84. The van der Waals surface area contributed by atoms with Gasteiger partial charge in [0.2, 0.25) is 0 Å². The molecule has 1 N–H and O–H groups in total. The number of rotatable bonds is 5. The third kappa shape index (κ3) is 2.95. The SMILES string of the molecule is CCc1csc2ncnc(Nc3ccccc3OC3CCOC3)c12. The van der Waals surface area contributed by atoms with Crippen molar-refractivity contribution in [2.24, 2.45) is 0 Å². The van der Waals surface area contributed by atoms with Gasteiger partial charge >= 0.3 is 0 Å². The molecular weight excluding hydrogens is 322 g/mol. The summed E-state index contributed by atoms with van der Waals surface area (Å²) >= 11 is 1.65. The van der Waals surface area contributed by atoms with E-state index in [1.165, 1.54) is 5.56 Å². The van der Waals surface area contributed by atoms with Crippen molar-refractivity contribution in [1.29, 1.82) is 0 Å². The van der Waals surface area contributed by atoms with E-state index < -0.39 is 0 Å². The molecule has 1 saturated heterocycles. The van der Waals surface area contributed by atoms with Crippen molar-refractivity contribution in [2.45, 2.75) is 25.9 Å². The molecule has 1 aliphatic heterocycles. The van der Waals surface area contributed by atoms with Crippen molar-refractivity contribution in [3.63, 3.8) is 0 Å². The number of aromatic nitrogens is 2. The van der Waals surface area contributed by atoms with Gasteiger partial charge in [0.25, 0.3) is 0 Å². The average Bonchev–Trinajstić information content (AvgIpc) is 3.26. The van der Waals surface area contributed by atoms with Gasteiger partial charge in [-0.1, -0.05) is 19.1 Å². The van der Waals surface area contributed by atoms with Crippen LogP contribution in [0.2, 0.25) is 0 Å². The van der Waals surface area contributed by atoms with Crippen molar-refractivity contribution < 1.29 is 9.47 Å². The van der Waals surface area contributed by atoms with E-state index in [1.807, 2.05) is 24.3 Å². The van der Waals surface area contributed by atoms with Crippen LogP contribution in [0.15, 0.2) is 36.0 Å². The Morgan fingerprint density at radius 1 is 1.33 bits per heavy atom. The van der Waals surface area contributed by atoms with E-state index >= 15 is 0 Å². The Morgan fingerprint density at radius 3 is 3.08 bits per heavy atom. The number of para-hydroxylation sites is 2. The summed E-state index contributed by atoms with van der Waals surface area (Å²) in [5.41, 5.74) is 2.18. The zero-order valence-corrected chi connectivity index (χ0v) is 14.3. The number of hydrogen-bond acceptors (Lipinski definition) is 6. The quantitative estimate of drug-likeness (QED) is 0.755. The molecule has 4 rings (SSSR count). The van der Waals surface area contributed by atoms with Crippen molar-refractivity contribution in [1.82, 2.24) is 9.97 Å². The Morgan fingerprint density at radius 2 is 2.25 bits per heavy atom. The summed E-state index contributed by atoms with van der Waals surface area (Å²) in [6.45, 7) is 3.56. The number of benzene rings is 1.